The number of halogens is 1. The number of hydrogen-bond donors (Lipinski definition) is 3. The van der Waals surface area contributed by atoms with Gasteiger partial charge in [-0.15, -0.1) is 0 Å². The number of hydrogen-bond acceptors (Lipinski definition) is 3. The van der Waals surface area contributed by atoms with Crippen LogP contribution in [0, 0.1) is 0 Å². The average Bonchev–Trinajstić information content (AvgIpc) is 3.19. The van der Waals surface area contributed by atoms with E-state index in [1.807, 2.05) is 24.3 Å². The molecular formula is C19H15ClN4O3. The van der Waals surface area contributed by atoms with Crippen LogP contribution in [0.3, 0.4) is 0 Å². The number of carbonyl (C=O) groups excluding carboxylic acids is 1. The fourth-order valence-electron chi connectivity index (χ4n) is 3.06. The Morgan fingerprint density at radius 3 is 2.70 bits per heavy atom. The number of carboxylic acids is 1. The van der Waals surface area contributed by atoms with Crippen molar-refractivity contribution in [3.05, 3.63) is 70.9 Å². The molecule has 2 aromatic heterocycles. The molecule has 4 rings (SSSR count). The Hall–Kier alpha value is -3.32. The van der Waals surface area contributed by atoms with Crippen molar-refractivity contribution < 1.29 is 14.7 Å². The van der Waals surface area contributed by atoms with Crippen LogP contribution in [-0.4, -0.2) is 31.6 Å². The van der Waals surface area contributed by atoms with E-state index < -0.39 is 17.9 Å². The lowest BCUT2D eigenvalue weighted by molar-refractivity contribution is -0.137. The van der Waals surface area contributed by atoms with Crippen LogP contribution in [0.2, 0.25) is 5.02 Å². The van der Waals surface area contributed by atoms with E-state index in [0.29, 0.717) is 16.2 Å². The van der Waals surface area contributed by atoms with Crippen molar-refractivity contribution in [3.63, 3.8) is 0 Å². The maximum Gasteiger partial charge on any atom is 0.305 e. The molecule has 0 fully saturated rings. The maximum atomic E-state index is 12.7. The summed E-state index contributed by atoms with van der Waals surface area (Å²) < 4.78 is 1.71. The summed E-state index contributed by atoms with van der Waals surface area (Å²) in [4.78, 5) is 28.4. The second kappa shape index (κ2) is 6.77. The highest BCUT2D eigenvalue weighted by Crippen LogP contribution is 2.25. The summed E-state index contributed by atoms with van der Waals surface area (Å²) in [5, 5.41) is 15.4. The van der Waals surface area contributed by atoms with Crippen LogP contribution in [0.4, 0.5) is 0 Å². The predicted molar refractivity (Wildman–Crippen MR) is 101 cm³/mol. The van der Waals surface area contributed by atoms with Crippen molar-refractivity contribution in [2.75, 3.05) is 0 Å². The molecule has 8 heteroatoms. The minimum Gasteiger partial charge on any atom is -0.481 e. The van der Waals surface area contributed by atoms with Crippen molar-refractivity contribution in [2.24, 2.45) is 0 Å². The van der Waals surface area contributed by atoms with E-state index >= 15 is 0 Å². The summed E-state index contributed by atoms with van der Waals surface area (Å²) in [5.41, 5.74) is 3.10. The number of carboxylic acid groups (broad SMARTS) is 1. The number of aromatic nitrogens is 3. The third-order valence-corrected chi connectivity index (χ3v) is 4.65. The van der Waals surface area contributed by atoms with Gasteiger partial charge in [0, 0.05) is 11.1 Å². The molecule has 4 aromatic rings. The van der Waals surface area contributed by atoms with Crippen molar-refractivity contribution in [1.29, 1.82) is 0 Å². The lowest BCUT2D eigenvalue weighted by Crippen LogP contribution is -2.30. The van der Waals surface area contributed by atoms with E-state index in [0.717, 1.165) is 11.0 Å². The molecule has 136 valence electrons. The normalized spacial score (nSPS) is 12.3. The second-order valence-corrected chi connectivity index (χ2v) is 6.52. The number of H-pyrrole nitrogens is 1. The number of imidazole rings is 1. The van der Waals surface area contributed by atoms with Crippen molar-refractivity contribution in [1.82, 2.24) is 19.9 Å². The number of rotatable bonds is 5. The summed E-state index contributed by atoms with van der Waals surface area (Å²) in [6, 6.07) is 15.3. The Morgan fingerprint density at radius 2 is 1.93 bits per heavy atom. The largest absolute Gasteiger partial charge is 0.481 e. The van der Waals surface area contributed by atoms with E-state index in [1.165, 1.54) is 0 Å². The third kappa shape index (κ3) is 3.24. The van der Waals surface area contributed by atoms with Crippen molar-refractivity contribution >= 4 is 40.2 Å². The Kier molecular flexibility index (Phi) is 4.29. The van der Waals surface area contributed by atoms with E-state index in [2.05, 4.69) is 15.4 Å². The molecule has 0 aliphatic heterocycles. The van der Waals surface area contributed by atoms with Gasteiger partial charge in [0.15, 0.2) is 5.65 Å². The minimum atomic E-state index is -1.03. The Morgan fingerprint density at radius 1 is 1.19 bits per heavy atom. The van der Waals surface area contributed by atoms with Gasteiger partial charge >= 0.3 is 5.97 Å². The SMILES string of the molecule is O=C(O)C[C@H](NC(=O)c1cc2nc3ccccc3n2[nH]1)c1ccccc1Cl. The van der Waals surface area contributed by atoms with Gasteiger partial charge in [-0.25, -0.2) is 9.50 Å². The van der Waals surface area contributed by atoms with Gasteiger partial charge in [0.25, 0.3) is 5.91 Å². The van der Waals surface area contributed by atoms with Crippen LogP contribution in [-0.2, 0) is 4.79 Å². The van der Waals surface area contributed by atoms with E-state index in [9.17, 15) is 14.7 Å². The first-order valence-corrected chi connectivity index (χ1v) is 8.64. The van der Waals surface area contributed by atoms with Crippen molar-refractivity contribution in [2.45, 2.75) is 12.5 Å². The van der Waals surface area contributed by atoms with Crippen LogP contribution in [0.1, 0.15) is 28.5 Å². The van der Waals surface area contributed by atoms with Gasteiger partial charge in [0.05, 0.1) is 23.5 Å². The molecule has 1 amide bonds. The standard InChI is InChI=1S/C19H15ClN4O3/c20-12-6-2-1-5-11(12)14(10-18(25)26)22-19(27)15-9-17-21-13-7-3-4-8-16(13)24(17)23-15/h1-9,14,23H,10H2,(H,22,27)(H,25,26)/t14-/m0/s1. The van der Waals surface area contributed by atoms with Crippen LogP contribution in [0.15, 0.2) is 54.6 Å². The van der Waals surface area contributed by atoms with Gasteiger partial charge in [0.1, 0.15) is 5.69 Å². The second-order valence-electron chi connectivity index (χ2n) is 6.11. The molecule has 0 unspecified atom stereocenters. The monoisotopic (exact) mass is 382 g/mol. The number of nitrogens with one attached hydrogen (secondary N) is 2. The molecule has 0 aliphatic rings. The van der Waals surface area contributed by atoms with E-state index in [1.54, 1.807) is 34.8 Å². The zero-order valence-electron chi connectivity index (χ0n) is 14.0. The predicted octanol–water partition coefficient (Wildman–Crippen LogP) is 3.41. The van der Waals surface area contributed by atoms with Gasteiger partial charge in [-0.1, -0.05) is 41.9 Å². The fraction of sp³-hybridized carbons (Fsp3) is 0.105. The van der Waals surface area contributed by atoms with Crippen LogP contribution < -0.4 is 5.32 Å². The number of carbonyl (C=O) groups is 2. The summed E-state index contributed by atoms with van der Waals surface area (Å²) in [6.45, 7) is 0. The van der Waals surface area contributed by atoms with Gasteiger partial charge < -0.3 is 10.4 Å². The zero-order valence-corrected chi connectivity index (χ0v) is 14.8. The summed E-state index contributed by atoms with van der Waals surface area (Å²) in [5.74, 6) is -1.47. The lowest BCUT2D eigenvalue weighted by Gasteiger charge is -2.18. The van der Waals surface area contributed by atoms with Gasteiger partial charge in [-0.2, -0.15) is 0 Å². The van der Waals surface area contributed by atoms with Crippen LogP contribution in [0.25, 0.3) is 16.7 Å². The highest BCUT2D eigenvalue weighted by atomic mass is 35.5. The molecule has 0 radical (unpaired) electrons. The molecule has 27 heavy (non-hydrogen) atoms. The molecule has 7 nitrogen and oxygen atoms in total. The number of fused-ring (bicyclic) bond motifs is 3. The number of benzene rings is 2. The Balaban J connectivity index is 1.65. The quantitative estimate of drug-likeness (QED) is 0.492. The summed E-state index contributed by atoms with van der Waals surface area (Å²) in [6.07, 6.45) is -0.282. The summed E-state index contributed by atoms with van der Waals surface area (Å²) in [7, 11) is 0. The molecule has 2 aromatic carbocycles. The number of aromatic amines is 1. The van der Waals surface area contributed by atoms with Crippen LogP contribution >= 0.6 is 11.6 Å². The smallest absolute Gasteiger partial charge is 0.305 e. The van der Waals surface area contributed by atoms with E-state index in [-0.39, 0.29) is 12.1 Å². The van der Waals surface area contributed by atoms with E-state index in [4.69, 9.17) is 11.6 Å². The van der Waals surface area contributed by atoms with Crippen molar-refractivity contribution in [3.8, 4) is 0 Å². The highest BCUT2D eigenvalue weighted by Gasteiger charge is 2.22. The molecule has 0 saturated heterocycles. The molecular weight excluding hydrogens is 368 g/mol. The lowest BCUT2D eigenvalue weighted by atomic mass is 10.0. The number of amides is 1. The summed E-state index contributed by atoms with van der Waals surface area (Å²) >= 11 is 6.18. The first-order valence-electron chi connectivity index (χ1n) is 8.26. The van der Waals surface area contributed by atoms with Crippen LogP contribution in [0.5, 0.6) is 0 Å². The molecule has 0 saturated carbocycles. The first-order chi connectivity index (χ1) is 13.0. The topological polar surface area (TPSA) is 99.5 Å². The molecule has 0 spiro atoms. The molecule has 3 N–H and O–H groups in total. The Bertz CT molecular complexity index is 1160. The number of para-hydroxylation sites is 2. The first kappa shape index (κ1) is 17.1. The van der Waals surface area contributed by atoms with Gasteiger partial charge in [-0.05, 0) is 23.8 Å². The zero-order chi connectivity index (χ0) is 19.0. The number of aliphatic carboxylic acids is 1. The third-order valence-electron chi connectivity index (χ3n) is 4.30. The highest BCUT2D eigenvalue weighted by molar-refractivity contribution is 6.31. The van der Waals surface area contributed by atoms with Gasteiger partial charge in [-0.3, -0.25) is 14.7 Å². The number of nitrogens with zero attached hydrogens (tertiary/aromatic N) is 2. The minimum absolute atomic E-state index is 0.282. The Labute approximate surface area is 158 Å². The average molecular weight is 383 g/mol. The maximum absolute atomic E-state index is 12.7. The molecule has 2 heterocycles. The molecule has 0 bridgehead atoms. The molecule has 0 aliphatic carbocycles. The fourth-order valence-corrected chi connectivity index (χ4v) is 3.33. The molecule has 1 atom stereocenters. The van der Waals surface area contributed by atoms with Gasteiger partial charge in [0.2, 0.25) is 0 Å².